The van der Waals surface area contributed by atoms with Crippen molar-refractivity contribution in [3.63, 3.8) is 0 Å². The monoisotopic (exact) mass is 384 g/mol. The number of rotatable bonds is 6. The number of benzene rings is 2. The highest BCUT2D eigenvalue weighted by molar-refractivity contribution is 6.33. The molecular formula is C18H16ClF3N2O2. The molecule has 1 atom stereocenters. The van der Waals surface area contributed by atoms with Crippen molar-refractivity contribution in [1.82, 2.24) is 10.6 Å². The molecule has 0 aliphatic heterocycles. The molecule has 0 unspecified atom stereocenters. The second kappa shape index (κ2) is 8.71. The summed E-state index contributed by atoms with van der Waals surface area (Å²) in [5.74, 6) is -1.34. The van der Waals surface area contributed by atoms with Crippen molar-refractivity contribution in [3.05, 3.63) is 70.7 Å². The second-order valence-electron chi connectivity index (χ2n) is 5.51. The summed E-state index contributed by atoms with van der Waals surface area (Å²) in [5, 5.41) is 4.69. The number of halogens is 4. The van der Waals surface area contributed by atoms with Crippen LogP contribution in [0.3, 0.4) is 0 Å². The molecule has 4 nitrogen and oxygen atoms in total. The topological polar surface area (TPSA) is 58.2 Å². The molecule has 2 N–H and O–H groups in total. The maximum Gasteiger partial charge on any atom is 0.405 e. The lowest BCUT2D eigenvalue weighted by atomic mass is 10.0. The molecule has 0 radical (unpaired) electrons. The Morgan fingerprint density at radius 1 is 1.00 bits per heavy atom. The zero-order valence-corrected chi connectivity index (χ0v) is 14.3. The first-order valence-electron chi connectivity index (χ1n) is 7.70. The Bertz CT molecular complexity index is 767. The van der Waals surface area contributed by atoms with Crippen molar-refractivity contribution < 1.29 is 22.8 Å². The smallest absolute Gasteiger partial charge is 0.347 e. The van der Waals surface area contributed by atoms with E-state index in [2.05, 4.69) is 5.32 Å². The standard InChI is InChI=1S/C18H16ClF3N2O2/c19-14-9-5-4-8-13(14)17(26)24-15(12-6-2-1-3-7-12)10-16(25)23-11-18(20,21)22/h1-9,15H,10-11H2,(H,23,25)(H,24,26)/t15-/m1/s1. The van der Waals surface area contributed by atoms with E-state index in [1.807, 2.05) is 0 Å². The average Bonchev–Trinajstić information content (AvgIpc) is 2.60. The fourth-order valence-electron chi connectivity index (χ4n) is 2.28. The quantitative estimate of drug-likeness (QED) is 0.794. The summed E-state index contributed by atoms with van der Waals surface area (Å²) >= 11 is 5.99. The summed E-state index contributed by atoms with van der Waals surface area (Å²) in [6, 6.07) is 14.1. The SMILES string of the molecule is O=C(C[C@@H](NC(=O)c1ccccc1Cl)c1ccccc1)NCC(F)(F)F. The lowest BCUT2D eigenvalue weighted by Crippen LogP contribution is -2.37. The number of amides is 2. The van der Waals surface area contributed by atoms with E-state index in [1.165, 1.54) is 6.07 Å². The van der Waals surface area contributed by atoms with Gasteiger partial charge in [0.1, 0.15) is 6.54 Å². The number of alkyl halides is 3. The van der Waals surface area contributed by atoms with Crippen LogP contribution in [-0.2, 0) is 4.79 Å². The molecular weight excluding hydrogens is 369 g/mol. The average molecular weight is 385 g/mol. The summed E-state index contributed by atoms with van der Waals surface area (Å²) < 4.78 is 36.8. The molecule has 0 bridgehead atoms. The van der Waals surface area contributed by atoms with Crippen LogP contribution >= 0.6 is 11.6 Å². The largest absolute Gasteiger partial charge is 0.405 e. The van der Waals surface area contributed by atoms with Gasteiger partial charge in [0.05, 0.1) is 23.0 Å². The van der Waals surface area contributed by atoms with Gasteiger partial charge in [0, 0.05) is 0 Å². The molecule has 2 amide bonds. The lowest BCUT2D eigenvalue weighted by molar-refractivity contribution is -0.138. The van der Waals surface area contributed by atoms with E-state index in [9.17, 15) is 22.8 Å². The van der Waals surface area contributed by atoms with Crippen molar-refractivity contribution >= 4 is 23.4 Å². The molecule has 2 rings (SSSR count). The van der Waals surface area contributed by atoms with Crippen molar-refractivity contribution in [2.24, 2.45) is 0 Å². The molecule has 26 heavy (non-hydrogen) atoms. The number of carbonyl (C=O) groups is 2. The summed E-state index contributed by atoms with van der Waals surface area (Å²) in [7, 11) is 0. The van der Waals surface area contributed by atoms with Crippen LogP contribution in [0, 0.1) is 0 Å². The van der Waals surface area contributed by atoms with Crippen LogP contribution in [0.2, 0.25) is 5.02 Å². The Hall–Kier alpha value is -2.54. The molecule has 0 aliphatic carbocycles. The van der Waals surface area contributed by atoms with Gasteiger partial charge in [-0.05, 0) is 17.7 Å². The third-order valence-electron chi connectivity index (χ3n) is 3.50. The van der Waals surface area contributed by atoms with E-state index >= 15 is 0 Å². The maximum absolute atomic E-state index is 12.4. The second-order valence-corrected chi connectivity index (χ2v) is 5.92. The van der Waals surface area contributed by atoms with Gasteiger partial charge in [-0.1, -0.05) is 54.1 Å². The number of hydrogen-bond acceptors (Lipinski definition) is 2. The first kappa shape index (κ1) is 19.8. The van der Waals surface area contributed by atoms with E-state index in [-0.39, 0.29) is 17.0 Å². The fourth-order valence-corrected chi connectivity index (χ4v) is 2.50. The normalized spacial score (nSPS) is 12.3. The van der Waals surface area contributed by atoms with Crippen LogP contribution in [-0.4, -0.2) is 24.5 Å². The number of carbonyl (C=O) groups excluding carboxylic acids is 2. The molecule has 0 heterocycles. The Kier molecular flexibility index (Phi) is 6.63. The minimum Gasteiger partial charge on any atom is -0.347 e. The van der Waals surface area contributed by atoms with Gasteiger partial charge in [0.15, 0.2) is 0 Å². The molecule has 138 valence electrons. The molecule has 2 aromatic carbocycles. The van der Waals surface area contributed by atoms with Gasteiger partial charge < -0.3 is 10.6 Å². The third-order valence-corrected chi connectivity index (χ3v) is 3.83. The first-order valence-corrected chi connectivity index (χ1v) is 8.08. The van der Waals surface area contributed by atoms with Gasteiger partial charge >= 0.3 is 6.18 Å². The van der Waals surface area contributed by atoms with Crippen molar-refractivity contribution in [3.8, 4) is 0 Å². The summed E-state index contributed by atoms with van der Waals surface area (Å²) in [5.41, 5.74) is 0.806. The van der Waals surface area contributed by atoms with E-state index in [1.54, 1.807) is 53.8 Å². The summed E-state index contributed by atoms with van der Waals surface area (Å²) in [6.45, 7) is -1.42. The Balaban J connectivity index is 2.13. The highest BCUT2D eigenvalue weighted by Gasteiger charge is 2.28. The minimum atomic E-state index is -4.50. The highest BCUT2D eigenvalue weighted by atomic mass is 35.5. The van der Waals surface area contributed by atoms with Crippen LogP contribution in [0.15, 0.2) is 54.6 Å². The summed E-state index contributed by atoms with van der Waals surface area (Å²) in [4.78, 5) is 24.3. The van der Waals surface area contributed by atoms with Crippen LogP contribution in [0.1, 0.15) is 28.4 Å². The van der Waals surface area contributed by atoms with Crippen LogP contribution < -0.4 is 10.6 Å². The fraction of sp³-hybridized carbons (Fsp3) is 0.222. The van der Waals surface area contributed by atoms with Gasteiger partial charge in [0.25, 0.3) is 5.91 Å². The maximum atomic E-state index is 12.4. The van der Waals surface area contributed by atoms with Crippen molar-refractivity contribution in [2.75, 3.05) is 6.54 Å². The van der Waals surface area contributed by atoms with E-state index in [0.717, 1.165) is 0 Å². The lowest BCUT2D eigenvalue weighted by Gasteiger charge is -2.20. The van der Waals surface area contributed by atoms with E-state index in [4.69, 9.17) is 11.6 Å². The predicted octanol–water partition coefficient (Wildman–Crippen LogP) is 3.88. The third kappa shape index (κ3) is 6.07. The molecule has 8 heteroatoms. The number of nitrogens with one attached hydrogen (secondary N) is 2. The summed E-state index contributed by atoms with van der Waals surface area (Å²) in [6.07, 6.45) is -4.84. The zero-order chi connectivity index (χ0) is 19.2. The van der Waals surface area contributed by atoms with Crippen LogP contribution in [0.25, 0.3) is 0 Å². The first-order chi connectivity index (χ1) is 12.3. The molecule has 0 saturated heterocycles. The molecule has 0 saturated carbocycles. The van der Waals surface area contributed by atoms with Gasteiger partial charge in [-0.3, -0.25) is 9.59 Å². The Labute approximate surface area is 153 Å². The Morgan fingerprint density at radius 2 is 1.62 bits per heavy atom. The molecule has 0 aliphatic rings. The van der Waals surface area contributed by atoms with Gasteiger partial charge in [0.2, 0.25) is 5.91 Å². The van der Waals surface area contributed by atoms with Gasteiger partial charge in [-0.25, -0.2) is 0 Å². The van der Waals surface area contributed by atoms with E-state index < -0.39 is 30.6 Å². The minimum absolute atomic E-state index is 0.214. The molecule has 0 fully saturated rings. The molecule has 0 aromatic heterocycles. The van der Waals surface area contributed by atoms with Crippen molar-refractivity contribution in [2.45, 2.75) is 18.6 Å². The van der Waals surface area contributed by atoms with Gasteiger partial charge in [-0.2, -0.15) is 13.2 Å². The zero-order valence-electron chi connectivity index (χ0n) is 13.5. The van der Waals surface area contributed by atoms with Crippen LogP contribution in [0.4, 0.5) is 13.2 Å². The Morgan fingerprint density at radius 3 is 2.23 bits per heavy atom. The van der Waals surface area contributed by atoms with Crippen molar-refractivity contribution in [1.29, 1.82) is 0 Å². The predicted molar refractivity (Wildman–Crippen MR) is 91.8 cm³/mol. The molecule has 2 aromatic rings. The highest BCUT2D eigenvalue weighted by Crippen LogP contribution is 2.20. The molecule has 0 spiro atoms. The number of hydrogen-bond donors (Lipinski definition) is 2. The van der Waals surface area contributed by atoms with Gasteiger partial charge in [-0.15, -0.1) is 0 Å². The van der Waals surface area contributed by atoms with Crippen LogP contribution in [0.5, 0.6) is 0 Å². The van der Waals surface area contributed by atoms with E-state index in [0.29, 0.717) is 5.56 Å².